The van der Waals surface area contributed by atoms with Crippen LogP contribution in [0.25, 0.3) is 0 Å². The number of nitrogens with one attached hydrogen (secondary N) is 1. The van der Waals surface area contributed by atoms with Crippen molar-refractivity contribution in [3.05, 3.63) is 67.7 Å². The number of nitrogens with zero attached hydrogens (tertiary/aromatic N) is 1. The third kappa shape index (κ3) is 3.40. The molecule has 0 aliphatic rings. The molecule has 2 rings (SSSR count). The van der Waals surface area contributed by atoms with Crippen LogP contribution >= 0.6 is 23.2 Å². The predicted octanol–water partition coefficient (Wildman–Crippen LogP) is 4.82. The summed E-state index contributed by atoms with van der Waals surface area (Å²) in [5.41, 5.74) is 2.81. The van der Waals surface area contributed by atoms with E-state index < -0.39 is 4.92 Å². The van der Waals surface area contributed by atoms with Crippen molar-refractivity contribution in [2.45, 2.75) is 13.5 Å². The summed E-state index contributed by atoms with van der Waals surface area (Å²) >= 11 is 12.0. The van der Waals surface area contributed by atoms with Gasteiger partial charge in [-0.3, -0.25) is 10.1 Å². The van der Waals surface area contributed by atoms with Crippen LogP contribution in [0.5, 0.6) is 0 Å². The molecule has 2 aromatic carbocycles. The average molecular weight is 311 g/mol. The second-order valence-electron chi connectivity index (χ2n) is 4.33. The summed E-state index contributed by atoms with van der Waals surface area (Å²) in [4.78, 5) is 10.1. The first-order chi connectivity index (χ1) is 9.47. The van der Waals surface area contributed by atoms with Gasteiger partial charge in [0.05, 0.1) is 4.92 Å². The molecule has 6 heteroatoms. The second-order valence-corrected chi connectivity index (χ2v) is 5.17. The number of anilines is 1. The monoisotopic (exact) mass is 310 g/mol. The number of rotatable bonds is 4. The van der Waals surface area contributed by atoms with Gasteiger partial charge in [0.15, 0.2) is 0 Å². The first-order valence-electron chi connectivity index (χ1n) is 5.90. The lowest BCUT2D eigenvalue weighted by molar-refractivity contribution is -0.384. The van der Waals surface area contributed by atoms with Crippen molar-refractivity contribution >= 4 is 34.6 Å². The van der Waals surface area contributed by atoms with Crippen molar-refractivity contribution in [3.8, 4) is 0 Å². The minimum Gasteiger partial charge on any atom is -0.381 e. The van der Waals surface area contributed by atoms with Gasteiger partial charge in [-0.1, -0.05) is 23.2 Å². The van der Waals surface area contributed by atoms with Crippen LogP contribution in [0.2, 0.25) is 10.0 Å². The Bertz CT molecular complexity index is 642. The zero-order valence-corrected chi connectivity index (χ0v) is 12.2. The summed E-state index contributed by atoms with van der Waals surface area (Å²) in [6, 6.07) is 9.80. The fourth-order valence-corrected chi connectivity index (χ4v) is 2.32. The first kappa shape index (κ1) is 14.6. The largest absolute Gasteiger partial charge is 0.381 e. The highest BCUT2D eigenvalue weighted by molar-refractivity contribution is 6.35. The highest BCUT2D eigenvalue weighted by atomic mass is 35.5. The molecule has 0 bridgehead atoms. The topological polar surface area (TPSA) is 55.2 Å². The Morgan fingerprint density at radius 3 is 2.45 bits per heavy atom. The molecule has 0 saturated carbocycles. The summed E-state index contributed by atoms with van der Waals surface area (Å²) in [6.45, 7) is 2.47. The molecule has 0 heterocycles. The molecule has 0 amide bonds. The van der Waals surface area contributed by atoms with E-state index in [0.717, 1.165) is 16.8 Å². The summed E-state index contributed by atoms with van der Waals surface area (Å²) < 4.78 is 0. The third-order valence-corrected chi connectivity index (χ3v) is 3.59. The zero-order chi connectivity index (χ0) is 14.7. The van der Waals surface area contributed by atoms with E-state index in [1.165, 1.54) is 12.1 Å². The minimum absolute atomic E-state index is 0.0672. The number of halogens is 2. The minimum atomic E-state index is -0.426. The van der Waals surface area contributed by atoms with E-state index in [0.29, 0.717) is 16.6 Å². The predicted molar refractivity (Wildman–Crippen MR) is 81.6 cm³/mol. The van der Waals surface area contributed by atoms with Crippen molar-refractivity contribution in [2.75, 3.05) is 5.32 Å². The molecular weight excluding hydrogens is 299 g/mol. The van der Waals surface area contributed by atoms with E-state index in [2.05, 4.69) is 5.32 Å². The van der Waals surface area contributed by atoms with Crippen molar-refractivity contribution in [2.24, 2.45) is 0 Å². The fraction of sp³-hybridized carbons (Fsp3) is 0.143. The van der Waals surface area contributed by atoms with Gasteiger partial charge in [0.1, 0.15) is 0 Å². The Kier molecular flexibility index (Phi) is 4.47. The van der Waals surface area contributed by atoms with Gasteiger partial charge in [0, 0.05) is 34.4 Å². The number of hydrogen-bond donors (Lipinski definition) is 1. The Balaban J connectivity index is 2.11. The zero-order valence-electron chi connectivity index (χ0n) is 10.7. The molecule has 20 heavy (non-hydrogen) atoms. The molecule has 0 fully saturated rings. The molecule has 4 nitrogen and oxygen atoms in total. The average Bonchev–Trinajstić information content (AvgIpc) is 2.41. The SMILES string of the molecule is Cc1c(Cl)cc(Cl)cc1CNc1ccc([N+](=O)[O-])cc1. The molecule has 0 spiro atoms. The standard InChI is InChI=1S/C14H12Cl2N2O2/c1-9-10(6-11(15)7-14(9)16)8-17-12-2-4-13(5-3-12)18(19)20/h2-7,17H,8H2,1H3. The summed E-state index contributed by atoms with van der Waals surface area (Å²) in [5, 5.41) is 15.0. The van der Waals surface area contributed by atoms with E-state index in [9.17, 15) is 10.1 Å². The van der Waals surface area contributed by atoms with E-state index in [4.69, 9.17) is 23.2 Å². The normalized spacial score (nSPS) is 10.3. The maximum absolute atomic E-state index is 10.6. The molecule has 104 valence electrons. The summed E-state index contributed by atoms with van der Waals surface area (Å²) in [5.74, 6) is 0. The first-order valence-corrected chi connectivity index (χ1v) is 6.66. The maximum Gasteiger partial charge on any atom is 0.269 e. The number of nitro groups is 1. The Labute approximate surface area is 126 Å². The lowest BCUT2D eigenvalue weighted by atomic mass is 10.1. The highest BCUT2D eigenvalue weighted by Crippen LogP contribution is 2.25. The Morgan fingerprint density at radius 1 is 1.20 bits per heavy atom. The van der Waals surface area contributed by atoms with E-state index in [-0.39, 0.29) is 5.69 Å². The molecule has 1 N–H and O–H groups in total. The maximum atomic E-state index is 10.6. The van der Waals surface area contributed by atoms with Crippen LogP contribution in [0.1, 0.15) is 11.1 Å². The molecule has 0 saturated heterocycles. The van der Waals surface area contributed by atoms with Gasteiger partial charge in [-0.05, 0) is 42.3 Å². The number of hydrogen-bond acceptors (Lipinski definition) is 3. The van der Waals surface area contributed by atoms with Crippen LogP contribution in [0.4, 0.5) is 11.4 Å². The molecular formula is C14H12Cl2N2O2. The lowest BCUT2D eigenvalue weighted by Crippen LogP contribution is -2.02. The number of benzene rings is 2. The van der Waals surface area contributed by atoms with Crippen LogP contribution in [0.15, 0.2) is 36.4 Å². The molecule has 0 atom stereocenters. The van der Waals surface area contributed by atoms with Crippen molar-refractivity contribution in [3.63, 3.8) is 0 Å². The molecule has 0 aliphatic carbocycles. The van der Waals surface area contributed by atoms with Crippen LogP contribution in [-0.2, 0) is 6.54 Å². The van der Waals surface area contributed by atoms with E-state index in [1.807, 2.05) is 13.0 Å². The van der Waals surface area contributed by atoms with Crippen LogP contribution in [-0.4, -0.2) is 4.92 Å². The quantitative estimate of drug-likeness (QED) is 0.650. The lowest BCUT2D eigenvalue weighted by Gasteiger charge is -2.11. The number of nitro benzene ring substituents is 1. The van der Waals surface area contributed by atoms with Gasteiger partial charge in [-0.25, -0.2) is 0 Å². The van der Waals surface area contributed by atoms with E-state index >= 15 is 0 Å². The van der Waals surface area contributed by atoms with E-state index in [1.54, 1.807) is 18.2 Å². The molecule has 2 aromatic rings. The van der Waals surface area contributed by atoms with Gasteiger partial charge in [-0.15, -0.1) is 0 Å². The molecule has 0 radical (unpaired) electrons. The smallest absolute Gasteiger partial charge is 0.269 e. The van der Waals surface area contributed by atoms with Crippen molar-refractivity contribution < 1.29 is 4.92 Å². The van der Waals surface area contributed by atoms with Crippen LogP contribution in [0, 0.1) is 17.0 Å². The second kappa shape index (κ2) is 6.11. The Morgan fingerprint density at radius 2 is 1.85 bits per heavy atom. The van der Waals surface area contributed by atoms with Gasteiger partial charge in [-0.2, -0.15) is 0 Å². The van der Waals surface area contributed by atoms with Gasteiger partial charge in [0.25, 0.3) is 5.69 Å². The van der Waals surface area contributed by atoms with Gasteiger partial charge < -0.3 is 5.32 Å². The summed E-state index contributed by atoms with van der Waals surface area (Å²) in [7, 11) is 0. The number of non-ortho nitro benzene ring substituents is 1. The highest BCUT2D eigenvalue weighted by Gasteiger charge is 2.06. The third-order valence-electron chi connectivity index (χ3n) is 2.98. The van der Waals surface area contributed by atoms with Gasteiger partial charge >= 0.3 is 0 Å². The van der Waals surface area contributed by atoms with Crippen LogP contribution < -0.4 is 5.32 Å². The molecule has 0 unspecified atom stereocenters. The van der Waals surface area contributed by atoms with Crippen LogP contribution in [0.3, 0.4) is 0 Å². The fourth-order valence-electron chi connectivity index (χ4n) is 1.78. The molecule has 0 aromatic heterocycles. The molecule has 0 aliphatic heterocycles. The Hall–Kier alpha value is -1.78. The van der Waals surface area contributed by atoms with Crippen molar-refractivity contribution in [1.29, 1.82) is 0 Å². The summed E-state index contributed by atoms with van der Waals surface area (Å²) in [6.07, 6.45) is 0. The van der Waals surface area contributed by atoms with Crippen molar-refractivity contribution in [1.82, 2.24) is 0 Å². The van der Waals surface area contributed by atoms with Gasteiger partial charge in [0.2, 0.25) is 0 Å².